The molecule has 0 aliphatic heterocycles. The molecule has 0 heterocycles. The zero-order valence-corrected chi connectivity index (χ0v) is 8.92. The van der Waals surface area contributed by atoms with E-state index in [0.717, 1.165) is 36.0 Å². The predicted octanol–water partition coefficient (Wildman–Crippen LogP) is 2.47. The van der Waals surface area contributed by atoms with Gasteiger partial charge in [-0.3, -0.25) is 0 Å². The second-order valence-corrected chi connectivity index (χ2v) is 4.53. The molecular weight excluding hydrogens is 205 g/mol. The molecule has 0 amide bonds. The Morgan fingerprint density at radius 3 is 2.94 bits per heavy atom. The van der Waals surface area contributed by atoms with Gasteiger partial charge in [-0.05, 0) is 36.0 Å². The van der Waals surface area contributed by atoms with E-state index in [1.54, 1.807) is 6.26 Å². The summed E-state index contributed by atoms with van der Waals surface area (Å²) in [5, 5.41) is 8.68. The van der Waals surface area contributed by atoms with Gasteiger partial charge in [-0.15, -0.1) is 5.26 Å². The van der Waals surface area contributed by atoms with Crippen LogP contribution >= 0.6 is 0 Å². The molecule has 0 spiro atoms. The van der Waals surface area contributed by atoms with Crippen LogP contribution < -0.4 is 4.74 Å². The van der Waals surface area contributed by atoms with Gasteiger partial charge in [-0.1, -0.05) is 6.07 Å². The van der Waals surface area contributed by atoms with Crippen LogP contribution in [0.2, 0.25) is 0 Å². The second-order valence-electron chi connectivity index (χ2n) is 4.53. The van der Waals surface area contributed by atoms with Crippen molar-refractivity contribution < 1.29 is 9.13 Å². The minimum Gasteiger partial charge on any atom is -0.387 e. The van der Waals surface area contributed by atoms with Crippen molar-refractivity contribution >= 4 is 0 Å². The Morgan fingerprint density at radius 1 is 1.25 bits per heavy atom. The summed E-state index contributed by atoms with van der Waals surface area (Å²) < 4.78 is 18.5. The fourth-order valence-corrected chi connectivity index (χ4v) is 2.92. The van der Waals surface area contributed by atoms with Gasteiger partial charge in [0.2, 0.25) is 0 Å². The van der Waals surface area contributed by atoms with Gasteiger partial charge < -0.3 is 4.74 Å². The van der Waals surface area contributed by atoms with Crippen LogP contribution in [0.5, 0.6) is 5.75 Å². The van der Waals surface area contributed by atoms with Crippen LogP contribution in [0.4, 0.5) is 4.39 Å². The summed E-state index contributed by atoms with van der Waals surface area (Å²) in [6.45, 7) is 0. The number of alkyl halides is 1. The summed E-state index contributed by atoms with van der Waals surface area (Å²) in [7, 11) is 0. The van der Waals surface area contributed by atoms with E-state index in [2.05, 4.69) is 6.07 Å². The topological polar surface area (TPSA) is 33.0 Å². The van der Waals surface area contributed by atoms with E-state index in [1.165, 1.54) is 5.56 Å². The van der Waals surface area contributed by atoms with Crippen LogP contribution in [-0.2, 0) is 25.7 Å². The third-order valence-corrected chi connectivity index (χ3v) is 3.56. The summed E-state index contributed by atoms with van der Waals surface area (Å²) in [6, 6.07) is 2.11. The highest BCUT2D eigenvalue weighted by atomic mass is 19.1. The van der Waals surface area contributed by atoms with Crippen molar-refractivity contribution in [3.8, 4) is 12.0 Å². The van der Waals surface area contributed by atoms with E-state index in [-0.39, 0.29) is 0 Å². The number of hydrogen-bond acceptors (Lipinski definition) is 2. The molecular formula is C13H12FNO. The van der Waals surface area contributed by atoms with Crippen LogP contribution in [0.15, 0.2) is 6.07 Å². The first-order valence-corrected chi connectivity index (χ1v) is 5.66. The third-order valence-electron chi connectivity index (χ3n) is 3.56. The Balaban J connectivity index is 2.17. The zero-order chi connectivity index (χ0) is 11.1. The van der Waals surface area contributed by atoms with E-state index in [1.807, 2.05) is 0 Å². The normalized spacial score (nSPS) is 21.4. The SMILES string of the molecule is N#COc1c2c(cc3c1CC(F)C3)CCC2. The molecule has 0 N–H and O–H groups in total. The minimum atomic E-state index is -0.807. The fraction of sp³-hybridized carbons (Fsp3) is 0.462. The highest BCUT2D eigenvalue weighted by Crippen LogP contribution is 2.40. The average molecular weight is 217 g/mol. The van der Waals surface area contributed by atoms with Crippen molar-refractivity contribution in [1.82, 2.24) is 0 Å². The summed E-state index contributed by atoms with van der Waals surface area (Å²) in [5.41, 5.74) is 4.35. The largest absolute Gasteiger partial charge is 0.387 e. The first kappa shape index (κ1) is 9.65. The van der Waals surface area contributed by atoms with E-state index >= 15 is 0 Å². The van der Waals surface area contributed by atoms with E-state index in [0.29, 0.717) is 18.6 Å². The van der Waals surface area contributed by atoms with E-state index in [9.17, 15) is 4.39 Å². The van der Waals surface area contributed by atoms with Crippen LogP contribution in [-0.4, -0.2) is 6.17 Å². The van der Waals surface area contributed by atoms with Crippen LogP contribution in [0.25, 0.3) is 0 Å². The number of benzene rings is 1. The van der Waals surface area contributed by atoms with Crippen molar-refractivity contribution in [3.05, 3.63) is 28.3 Å². The molecule has 0 saturated carbocycles. The lowest BCUT2D eigenvalue weighted by Gasteiger charge is -2.10. The zero-order valence-electron chi connectivity index (χ0n) is 8.92. The molecule has 3 rings (SSSR count). The number of rotatable bonds is 1. The molecule has 0 aromatic heterocycles. The third kappa shape index (κ3) is 1.30. The van der Waals surface area contributed by atoms with Gasteiger partial charge in [0, 0.05) is 18.4 Å². The summed E-state index contributed by atoms with van der Waals surface area (Å²) in [4.78, 5) is 0. The van der Waals surface area contributed by atoms with Gasteiger partial charge in [0.15, 0.2) is 0 Å². The lowest BCUT2D eigenvalue weighted by Crippen LogP contribution is -1.98. The maximum Gasteiger partial charge on any atom is 0.292 e. The maximum atomic E-state index is 13.4. The molecule has 82 valence electrons. The maximum absolute atomic E-state index is 13.4. The highest BCUT2D eigenvalue weighted by Gasteiger charge is 2.29. The standard InChI is InChI=1S/C13H12FNO/c14-10-5-9-4-8-2-1-3-11(8)13(16-7-15)12(9)6-10/h4,10H,1-3,5-6H2. The highest BCUT2D eigenvalue weighted by molar-refractivity contribution is 5.55. The first-order chi connectivity index (χ1) is 7.79. The Morgan fingerprint density at radius 2 is 2.12 bits per heavy atom. The van der Waals surface area contributed by atoms with E-state index in [4.69, 9.17) is 10.00 Å². The van der Waals surface area contributed by atoms with Gasteiger partial charge in [0.1, 0.15) is 11.9 Å². The molecule has 0 radical (unpaired) electrons. The van der Waals surface area contributed by atoms with Crippen LogP contribution in [0.3, 0.4) is 0 Å². The average Bonchev–Trinajstić information content (AvgIpc) is 2.83. The molecule has 3 heteroatoms. The van der Waals surface area contributed by atoms with Gasteiger partial charge >= 0.3 is 0 Å². The first-order valence-electron chi connectivity index (χ1n) is 5.66. The number of aryl methyl sites for hydroxylation is 1. The van der Waals surface area contributed by atoms with Gasteiger partial charge in [-0.2, -0.15) is 0 Å². The van der Waals surface area contributed by atoms with Gasteiger partial charge in [-0.25, -0.2) is 4.39 Å². The monoisotopic (exact) mass is 217 g/mol. The molecule has 1 aromatic carbocycles. The molecule has 0 saturated heterocycles. The van der Waals surface area contributed by atoms with Crippen molar-refractivity contribution in [2.24, 2.45) is 0 Å². The van der Waals surface area contributed by atoms with Crippen molar-refractivity contribution in [1.29, 1.82) is 5.26 Å². The smallest absolute Gasteiger partial charge is 0.292 e. The van der Waals surface area contributed by atoms with Gasteiger partial charge in [0.05, 0.1) is 0 Å². The fourth-order valence-electron chi connectivity index (χ4n) is 2.92. The molecule has 0 bridgehead atoms. The Labute approximate surface area is 93.6 Å². The summed E-state index contributed by atoms with van der Waals surface area (Å²) in [6.07, 6.45) is 4.90. The summed E-state index contributed by atoms with van der Waals surface area (Å²) in [5.74, 6) is 0.660. The number of hydrogen-bond donors (Lipinski definition) is 0. The molecule has 1 atom stereocenters. The minimum absolute atomic E-state index is 0.402. The number of nitriles is 1. The van der Waals surface area contributed by atoms with Crippen LogP contribution in [0.1, 0.15) is 28.7 Å². The molecule has 2 aliphatic rings. The number of halogens is 1. The Kier molecular flexibility index (Phi) is 2.10. The molecule has 1 unspecified atom stereocenters. The molecule has 1 aromatic rings. The number of fused-ring (bicyclic) bond motifs is 2. The Bertz CT molecular complexity index is 490. The van der Waals surface area contributed by atoms with E-state index < -0.39 is 6.17 Å². The summed E-state index contributed by atoms with van der Waals surface area (Å²) >= 11 is 0. The van der Waals surface area contributed by atoms with Crippen molar-refractivity contribution in [2.75, 3.05) is 0 Å². The number of ether oxygens (including phenoxy) is 1. The molecule has 16 heavy (non-hydrogen) atoms. The quantitative estimate of drug-likeness (QED) is 0.677. The molecule has 2 nitrogen and oxygen atoms in total. The van der Waals surface area contributed by atoms with Gasteiger partial charge in [0.25, 0.3) is 6.26 Å². The molecule has 0 fully saturated rings. The Hall–Kier alpha value is -1.56. The second kappa shape index (κ2) is 3.48. The van der Waals surface area contributed by atoms with Crippen LogP contribution in [0, 0.1) is 11.5 Å². The predicted molar refractivity (Wildman–Crippen MR) is 57.0 cm³/mol. The lowest BCUT2D eigenvalue weighted by atomic mass is 10.0. The lowest BCUT2D eigenvalue weighted by molar-refractivity contribution is 0.347. The number of nitrogens with zero attached hydrogens (tertiary/aromatic N) is 1. The van der Waals surface area contributed by atoms with Crippen molar-refractivity contribution in [2.45, 2.75) is 38.3 Å². The molecule has 2 aliphatic carbocycles. The van der Waals surface area contributed by atoms with Crippen molar-refractivity contribution in [3.63, 3.8) is 0 Å².